The summed E-state index contributed by atoms with van der Waals surface area (Å²) >= 11 is 2.24. The number of hydrogen-bond donors (Lipinski definition) is 1. The maximum Gasteiger partial charge on any atom is 0.305 e. The van der Waals surface area contributed by atoms with Crippen molar-refractivity contribution in [2.45, 2.75) is 19.9 Å². The van der Waals surface area contributed by atoms with Gasteiger partial charge in [-0.2, -0.15) is 0 Å². The van der Waals surface area contributed by atoms with Crippen LogP contribution in [0.2, 0.25) is 0 Å². The first-order chi connectivity index (χ1) is 8.59. The molecule has 0 amide bonds. The molecule has 0 saturated carbocycles. The van der Waals surface area contributed by atoms with Crippen molar-refractivity contribution in [1.29, 1.82) is 0 Å². The molecule has 7 heteroatoms. The topological polar surface area (TPSA) is 80.9 Å². The molecule has 0 aliphatic heterocycles. The Labute approximate surface area is 117 Å². The largest absolute Gasteiger partial charge is 0.481 e. The second-order valence-corrected chi connectivity index (χ2v) is 4.88. The number of nitrogens with zero attached hydrogens (tertiary/aromatic N) is 4. The predicted octanol–water partition coefficient (Wildman–Crippen LogP) is 1.73. The van der Waals surface area contributed by atoms with Crippen molar-refractivity contribution in [1.82, 2.24) is 20.2 Å². The van der Waals surface area contributed by atoms with E-state index in [-0.39, 0.29) is 13.0 Å². The van der Waals surface area contributed by atoms with E-state index in [4.69, 9.17) is 5.11 Å². The number of rotatable bonds is 4. The first-order valence-corrected chi connectivity index (χ1v) is 6.41. The number of carboxylic acids is 1. The fourth-order valence-electron chi connectivity index (χ4n) is 1.57. The fraction of sp³-hybridized carbons (Fsp3) is 0.273. The average molecular weight is 358 g/mol. The van der Waals surface area contributed by atoms with Crippen LogP contribution in [-0.4, -0.2) is 31.3 Å². The van der Waals surface area contributed by atoms with Crippen molar-refractivity contribution in [2.24, 2.45) is 0 Å². The number of aromatic nitrogens is 4. The number of carboxylic acid groups (broad SMARTS) is 1. The molecule has 94 valence electrons. The van der Waals surface area contributed by atoms with Crippen molar-refractivity contribution in [2.75, 3.05) is 0 Å². The summed E-state index contributed by atoms with van der Waals surface area (Å²) in [6, 6.07) is 5.87. The number of benzene rings is 1. The van der Waals surface area contributed by atoms with Gasteiger partial charge in [-0.15, -0.1) is 5.10 Å². The van der Waals surface area contributed by atoms with Crippen LogP contribution in [0.4, 0.5) is 0 Å². The molecule has 1 N–H and O–H groups in total. The summed E-state index contributed by atoms with van der Waals surface area (Å²) in [7, 11) is 0. The highest BCUT2D eigenvalue weighted by Crippen LogP contribution is 2.25. The third-order valence-corrected chi connectivity index (χ3v) is 3.93. The lowest BCUT2D eigenvalue weighted by Crippen LogP contribution is -2.08. The van der Waals surface area contributed by atoms with Gasteiger partial charge in [-0.25, -0.2) is 4.68 Å². The Bertz CT molecular complexity index is 582. The zero-order valence-corrected chi connectivity index (χ0v) is 11.8. The Morgan fingerprint density at radius 2 is 2.28 bits per heavy atom. The summed E-state index contributed by atoms with van der Waals surface area (Å²) in [5.74, 6) is -0.264. The number of aliphatic carboxylic acids is 1. The van der Waals surface area contributed by atoms with E-state index in [1.54, 1.807) is 0 Å². The second-order valence-electron chi connectivity index (χ2n) is 3.81. The summed E-state index contributed by atoms with van der Waals surface area (Å²) in [6.45, 7) is 2.28. The van der Waals surface area contributed by atoms with Crippen molar-refractivity contribution in [3.8, 4) is 11.4 Å². The minimum atomic E-state index is -0.865. The molecule has 6 nitrogen and oxygen atoms in total. The predicted molar refractivity (Wildman–Crippen MR) is 73.0 cm³/mol. The highest BCUT2D eigenvalue weighted by Gasteiger charge is 2.13. The van der Waals surface area contributed by atoms with Gasteiger partial charge >= 0.3 is 5.97 Å². The van der Waals surface area contributed by atoms with Gasteiger partial charge in [-0.1, -0.05) is 18.2 Å². The Morgan fingerprint density at radius 1 is 1.50 bits per heavy atom. The summed E-state index contributed by atoms with van der Waals surface area (Å²) in [4.78, 5) is 10.6. The zero-order chi connectivity index (χ0) is 13.1. The molecule has 18 heavy (non-hydrogen) atoms. The van der Waals surface area contributed by atoms with Gasteiger partial charge in [0.1, 0.15) is 0 Å². The first kappa shape index (κ1) is 12.9. The lowest BCUT2D eigenvalue weighted by atomic mass is 10.1. The molecule has 0 aliphatic rings. The molecule has 2 aromatic rings. The molecule has 2 rings (SSSR count). The van der Waals surface area contributed by atoms with Gasteiger partial charge in [0, 0.05) is 9.13 Å². The van der Waals surface area contributed by atoms with Crippen LogP contribution in [-0.2, 0) is 11.3 Å². The minimum absolute atomic E-state index is 0.000431. The van der Waals surface area contributed by atoms with Gasteiger partial charge in [0.2, 0.25) is 0 Å². The van der Waals surface area contributed by atoms with Crippen LogP contribution in [0.3, 0.4) is 0 Å². The Kier molecular flexibility index (Phi) is 3.90. The van der Waals surface area contributed by atoms with Crippen molar-refractivity contribution in [3.05, 3.63) is 27.3 Å². The van der Waals surface area contributed by atoms with Crippen LogP contribution >= 0.6 is 22.6 Å². The van der Waals surface area contributed by atoms with Gasteiger partial charge in [0.05, 0.1) is 13.0 Å². The van der Waals surface area contributed by atoms with Crippen molar-refractivity contribution >= 4 is 28.6 Å². The van der Waals surface area contributed by atoms with Crippen LogP contribution in [0.1, 0.15) is 12.0 Å². The van der Waals surface area contributed by atoms with Gasteiger partial charge in [0.25, 0.3) is 0 Å². The molecule has 0 atom stereocenters. The maximum absolute atomic E-state index is 10.6. The standard InChI is InChI=1S/C11H11IN4O2/c1-7-3-2-4-8(10(7)12)11-13-14-15-16(11)6-5-9(17)18/h2-4H,5-6H2,1H3,(H,17,18). The van der Waals surface area contributed by atoms with Crippen molar-refractivity contribution in [3.63, 3.8) is 0 Å². The van der Waals surface area contributed by atoms with E-state index in [2.05, 4.69) is 38.1 Å². The molecule has 0 fully saturated rings. The van der Waals surface area contributed by atoms with E-state index in [1.807, 2.05) is 25.1 Å². The lowest BCUT2D eigenvalue weighted by molar-refractivity contribution is -0.137. The quantitative estimate of drug-likeness (QED) is 0.842. The molecular formula is C11H11IN4O2. The molecule has 0 radical (unpaired) electrons. The first-order valence-electron chi connectivity index (χ1n) is 5.33. The number of tetrazole rings is 1. The average Bonchev–Trinajstić information content (AvgIpc) is 2.78. The van der Waals surface area contributed by atoms with E-state index in [9.17, 15) is 4.79 Å². The maximum atomic E-state index is 10.6. The van der Waals surface area contributed by atoms with Gasteiger partial charge in [-0.3, -0.25) is 4.79 Å². The van der Waals surface area contributed by atoms with Crippen LogP contribution in [0.5, 0.6) is 0 Å². The summed E-state index contributed by atoms with van der Waals surface area (Å²) in [6.07, 6.45) is 0.000431. The third-order valence-electron chi connectivity index (χ3n) is 2.50. The van der Waals surface area contributed by atoms with E-state index < -0.39 is 5.97 Å². The molecule has 1 aromatic carbocycles. The zero-order valence-electron chi connectivity index (χ0n) is 9.67. The fourth-order valence-corrected chi connectivity index (χ4v) is 2.17. The van der Waals surface area contributed by atoms with Crippen LogP contribution < -0.4 is 0 Å². The molecule has 0 unspecified atom stereocenters. The Balaban J connectivity index is 2.36. The van der Waals surface area contributed by atoms with E-state index in [0.29, 0.717) is 5.82 Å². The number of halogens is 1. The number of carbonyl (C=O) groups is 1. The Hall–Kier alpha value is -1.51. The van der Waals surface area contributed by atoms with Crippen molar-refractivity contribution < 1.29 is 9.90 Å². The normalized spacial score (nSPS) is 10.6. The highest BCUT2D eigenvalue weighted by atomic mass is 127. The van der Waals surface area contributed by atoms with Gasteiger partial charge in [-0.05, 0) is 45.5 Å². The monoisotopic (exact) mass is 358 g/mol. The number of aryl methyl sites for hydroxylation is 2. The molecular weight excluding hydrogens is 347 g/mol. The van der Waals surface area contributed by atoms with E-state index in [1.165, 1.54) is 4.68 Å². The second kappa shape index (κ2) is 5.42. The van der Waals surface area contributed by atoms with Crippen LogP contribution in [0.15, 0.2) is 18.2 Å². The molecule has 1 aromatic heterocycles. The summed E-state index contributed by atoms with van der Waals surface area (Å²) < 4.78 is 2.59. The molecule has 0 bridgehead atoms. The van der Waals surface area contributed by atoms with Gasteiger partial charge < -0.3 is 5.11 Å². The highest BCUT2D eigenvalue weighted by molar-refractivity contribution is 14.1. The van der Waals surface area contributed by atoms with Gasteiger partial charge in [0.15, 0.2) is 5.82 Å². The molecule has 1 heterocycles. The Morgan fingerprint density at radius 3 is 3.00 bits per heavy atom. The van der Waals surface area contributed by atoms with E-state index >= 15 is 0 Å². The summed E-state index contributed by atoms with van der Waals surface area (Å²) in [5.41, 5.74) is 2.06. The number of hydrogen-bond acceptors (Lipinski definition) is 4. The SMILES string of the molecule is Cc1cccc(-c2nnnn2CCC(=O)O)c1I. The molecule has 0 aliphatic carbocycles. The van der Waals surface area contributed by atoms with Crippen LogP contribution in [0, 0.1) is 10.5 Å². The minimum Gasteiger partial charge on any atom is -0.481 e. The summed E-state index contributed by atoms with van der Waals surface area (Å²) in [5, 5.41) is 20.1. The molecule has 0 saturated heterocycles. The third kappa shape index (κ3) is 2.66. The van der Waals surface area contributed by atoms with Crippen LogP contribution in [0.25, 0.3) is 11.4 Å². The van der Waals surface area contributed by atoms with E-state index in [0.717, 1.165) is 14.7 Å². The lowest BCUT2D eigenvalue weighted by Gasteiger charge is -2.06. The molecule has 0 spiro atoms. The smallest absolute Gasteiger partial charge is 0.305 e.